The second-order valence-corrected chi connectivity index (χ2v) is 19.3. The van der Waals surface area contributed by atoms with Crippen molar-refractivity contribution in [2.24, 2.45) is 40.9 Å². The normalized spacial score (nSPS) is 12.6. The number of nitrogens with one attached hydrogen (secondary N) is 1. The summed E-state index contributed by atoms with van der Waals surface area (Å²) in [5.41, 5.74) is 5.00. The molecule has 0 unspecified atom stereocenters. The molecule has 0 radical (unpaired) electrons. The molecule has 0 spiro atoms. The van der Waals surface area contributed by atoms with Crippen LogP contribution in [0.15, 0.2) is 177 Å². The second kappa shape index (κ2) is 19.2. The van der Waals surface area contributed by atoms with Crippen LogP contribution in [0.3, 0.4) is 0 Å². The van der Waals surface area contributed by atoms with Crippen LogP contribution >= 0.6 is 0 Å². The van der Waals surface area contributed by atoms with Crippen LogP contribution in [0, 0.1) is 27.7 Å². The molecule has 7 rings (SSSR count). The van der Waals surface area contributed by atoms with Gasteiger partial charge in [-0.05, 0) is 158 Å². The molecular formula is C45H37N9O11S3. The van der Waals surface area contributed by atoms with Crippen molar-refractivity contribution in [3.05, 3.63) is 149 Å². The van der Waals surface area contributed by atoms with E-state index in [4.69, 9.17) is 0 Å². The average molecular weight is 976 g/mol. The van der Waals surface area contributed by atoms with Gasteiger partial charge in [0.1, 0.15) is 21.2 Å². The van der Waals surface area contributed by atoms with Crippen molar-refractivity contribution >= 4 is 98.2 Å². The summed E-state index contributed by atoms with van der Waals surface area (Å²) in [5.74, 6) is -0.954. The van der Waals surface area contributed by atoms with E-state index in [1.54, 1.807) is 99.6 Å². The zero-order valence-electron chi connectivity index (χ0n) is 36.0. The first-order valence-corrected chi connectivity index (χ1v) is 24.1. The minimum absolute atomic E-state index is 0.194. The van der Waals surface area contributed by atoms with Crippen LogP contribution in [0.4, 0.5) is 51.2 Å². The summed E-state index contributed by atoms with van der Waals surface area (Å²) in [6.45, 7) is 6.99. The number of phenols is 1. The molecule has 0 saturated carbocycles. The van der Waals surface area contributed by atoms with E-state index in [1.165, 1.54) is 18.2 Å². The maximum Gasteiger partial charge on any atom is 0.296 e. The van der Waals surface area contributed by atoms with Crippen molar-refractivity contribution in [2.45, 2.75) is 42.4 Å². The molecule has 0 aliphatic carbocycles. The third-order valence-electron chi connectivity index (χ3n) is 10.1. The lowest BCUT2D eigenvalue weighted by Crippen LogP contribution is -2.11. The lowest BCUT2D eigenvalue weighted by Gasteiger charge is -2.11. The number of aryl methyl sites for hydroxylation is 4. The van der Waals surface area contributed by atoms with Gasteiger partial charge in [0.25, 0.3) is 36.3 Å². The van der Waals surface area contributed by atoms with Gasteiger partial charge in [-0.15, -0.1) is 10.2 Å². The molecule has 68 heavy (non-hydrogen) atoms. The number of anilines is 1. The monoisotopic (exact) mass is 975 g/mol. The van der Waals surface area contributed by atoms with E-state index >= 15 is 0 Å². The fourth-order valence-electron chi connectivity index (χ4n) is 6.52. The molecule has 0 aliphatic heterocycles. The highest BCUT2D eigenvalue weighted by Crippen LogP contribution is 2.43. The van der Waals surface area contributed by atoms with E-state index in [0.717, 1.165) is 23.8 Å². The number of carbonyl (C=O) groups excluding carboxylic acids is 1. The number of benzene rings is 7. The van der Waals surface area contributed by atoms with Crippen molar-refractivity contribution in [1.29, 1.82) is 0 Å². The van der Waals surface area contributed by atoms with Crippen LogP contribution < -0.4 is 5.32 Å². The van der Waals surface area contributed by atoms with Gasteiger partial charge in [0.2, 0.25) is 0 Å². The Morgan fingerprint density at radius 2 is 0.971 bits per heavy atom. The first kappa shape index (κ1) is 48.1. The van der Waals surface area contributed by atoms with Crippen molar-refractivity contribution in [3.63, 3.8) is 0 Å². The topological polar surface area (TPSA) is 311 Å². The third-order valence-corrected chi connectivity index (χ3v) is 12.7. The number of azo groups is 4. The second-order valence-electron chi connectivity index (χ2n) is 15.0. The van der Waals surface area contributed by atoms with E-state index in [9.17, 15) is 48.8 Å². The Morgan fingerprint density at radius 1 is 0.471 bits per heavy atom. The van der Waals surface area contributed by atoms with E-state index in [-0.39, 0.29) is 16.5 Å². The first-order valence-electron chi connectivity index (χ1n) is 19.8. The fourth-order valence-corrected chi connectivity index (χ4v) is 8.41. The molecule has 0 aromatic heterocycles. The SMILES string of the molecule is Cc1cc(N=Nc2cc(C)c(N=Nc3c(S(=O)(=O)O)cc4cc(NC(=O)c5ccccc5)ccc4c3O)cc2C)ccc1N=Nc1ccc(N=Nc2ccc(S(=O)(=O)O)cc2S(=O)(=O)O)c(C)c1. The number of hydrogen-bond donors (Lipinski definition) is 5. The molecule has 23 heteroatoms. The molecule has 1 amide bonds. The summed E-state index contributed by atoms with van der Waals surface area (Å²) < 4.78 is 101. The molecule has 7 aromatic carbocycles. The maximum atomic E-state index is 12.7. The molecule has 0 aliphatic rings. The maximum absolute atomic E-state index is 12.7. The van der Waals surface area contributed by atoms with Crippen molar-refractivity contribution in [2.75, 3.05) is 5.32 Å². The summed E-state index contributed by atoms with van der Waals surface area (Å²) in [6, 6.07) is 29.8. The number of carbonyl (C=O) groups is 1. The molecule has 0 saturated heterocycles. The number of fused-ring (bicyclic) bond motifs is 1. The fraction of sp³-hybridized carbons (Fsp3) is 0.0889. The molecule has 20 nitrogen and oxygen atoms in total. The number of rotatable bonds is 13. The highest BCUT2D eigenvalue weighted by Gasteiger charge is 2.23. The van der Waals surface area contributed by atoms with E-state index in [2.05, 4.69) is 46.2 Å². The minimum Gasteiger partial charge on any atom is -0.505 e. The quantitative estimate of drug-likeness (QED) is 0.0534. The number of hydrogen-bond acceptors (Lipinski definition) is 16. The smallest absolute Gasteiger partial charge is 0.296 e. The molecule has 0 bridgehead atoms. The first-order chi connectivity index (χ1) is 32.0. The van der Waals surface area contributed by atoms with Gasteiger partial charge in [0.15, 0.2) is 5.75 Å². The lowest BCUT2D eigenvalue weighted by atomic mass is 10.1. The number of phenolic OH excluding ortho intramolecular Hbond substituents is 1. The number of aromatic hydroxyl groups is 1. The Bertz CT molecular complexity index is 3660. The van der Waals surface area contributed by atoms with Crippen LogP contribution in [0.1, 0.15) is 32.6 Å². The zero-order valence-corrected chi connectivity index (χ0v) is 38.4. The summed E-state index contributed by atoms with van der Waals surface area (Å²) in [6.07, 6.45) is 0. The van der Waals surface area contributed by atoms with Crippen molar-refractivity contribution < 1.29 is 48.8 Å². The van der Waals surface area contributed by atoms with Crippen LogP contribution in [0.5, 0.6) is 5.75 Å². The molecule has 0 heterocycles. The van der Waals surface area contributed by atoms with Gasteiger partial charge in [0.05, 0.1) is 39.0 Å². The number of amides is 1. The molecular weight excluding hydrogens is 939 g/mol. The van der Waals surface area contributed by atoms with Crippen LogP contribution in [-0.4, -0.2) is 49.9 Å². The molecule has 5 N–H and O–H groups in total. The average Bonchev–Trinajstić information content (AvgIpc) is 3.27. The van der Waals surface area contributed by atoms with E-state index in [1.807, 2.05) is 6.92 Å². The predicted octanol–water partition coefficient (Wildman–Crippen LogP) is 12.4. The van der Waals surface area contributed by atoms with Gasteiger partial charge in [-0.1, -0.05) is 18.2 Å². The predicted molar refractivity (Wildman–Crippen MR) is 251 cm³/mol. The summed E-state index contributed by atoms with van der Waals surface area (Å²) in [7, 11) is -14.6. The Kier molecular flexibility index (Phi) is 13.6. The van der Waals surface area contributed by atoms with Gasteiger partial charge < -0.3 is 10.4 Å². The minimum atomic E-state index is -4.93. The van der Waals surface area contributed by atoms with Crippen LogP contribution in [0.25, 0.3) is 10.8 Å². The van der Waals surface area contributed by atoms with Crippen LogP contribution in [0.2, 0.25) is 0 Å². The van der Waals surface area contributed by atoms with Gasteiger partial charge in [0, 0.05) is 16.6 Å². The Hall–Kier alpha value is -7.80. The summed E-state index contributed by atoms with van der Waals surface area (Å²) >= 11 is 0. The zero-order chi connectivity index (χ0) is 49.1. The highest BCUT2D eigenvalue weighted by atomic mass is 32.2. The van der Waals surface area contributed by atoms with Gasteiger partial charge in [-0.25, -0.2) is 0 Å². The lowest BCUT2D eigenvalue weighted by molar-refractivity contribution is 0.102. The Morgan fingerprint density at radius 3 is 1.51 bits per heavy atom. The van der Waals surface area contributed by atoms with Gasteiger partial charge >= 0.3 is 0 Å². The molecule has 346 valence electrons. The number of nitrogens with zero attached hydrogens (tertiary/aromatic N) is 8. The van der Waals surface area contributed by atoms with Crippen molar-refractivity contribution in [1.82, 2.24) is 0 Å². The van der Waals surface area contributed by atoms with Gasteiger partial charge in [-0.2, -0.15) is 55.9 Å². The Labute approximate surface area is 388 Å². The van der Waals surface area contributed by atoms with Gasteiger partial charge in [-0.3, -0.25) is 18.5 Å². The van der Waals surface area contributed by atoms with Crippen LogP contribution in [-0.2, 0) is 30.4 Å². The van der Waals surface area contributed by atoms with E-state index in [0.29, 0.717) is 68.1 Å². The standard InChI is InChI=1S/C45H37N9O11S3/c1-25-18-33(11-15-36(25)49-47-32-12-16-37(26(2)19-32)50-51-38-17-13-34(66(57,58)59)24-41(38)67(60,61)62)48-52-39-20-28(4)40(21-27(39)3)53-54-43-42(68(63,64)65)23-30-22-31(10-14-35(30)44(43)55)46-45(56)29-8-6-5-7-9-29/h5-24,55H,1-4H3,(H,46,56)(H,57,58,59)(H,60,61,62)(H,63,64,65). The molecule has 0 fully saturated rings. The highest BCUT2D eigenvalue weighted by molar-refractivity contribution is 7.87. The van der Waals surface area contributed by atoms with E-state index < -0.39 is 62.4 Å². The molecule has 7 aromatic rings. The van der Waals surface area contributed by atoms with Crippen molar-refractivity contribution in [3.8, 4) is 5.75 Å². The summed E-state index contributed by atoms with van der Waals surface area (Å²) in [4.78, 5) is 10.4. The summed E-state index contributed by atoms with van der Waals surface area (Å²) in [5, 5.41) is 47.9. The third kappa shape index (κ3) is 11.2. The largest absolute Gasteiger partial charge is 0.505 e. The molecule has 0 atom stereocenters. The Balaban J connectivity index is 1.04.